The zero-order chi connectivity index (χ0) is 11.7. The Morgan fingerprint density at radius 3 is 2.94 bits per heavy atom. The van der Waals surface area contributed by atoms with E-state index >= 15 is 0 Å². The average molecular weight is 221 g/mol. The Hall–Kier alpha value is -1.84. The fraction of sp³-hybridized carbons (Fsp3) is 0.250. The average Bonchev–Trinajstić information content (AvgIpc) is 2.55. The fourth-order valence-electron chi connectivity index (χ4n) is 1.81. The van der Waals surface area contributed by atoms with E-state index in [-0.39, 0.29) is 18.2 Å². The summed E-state index contributed by atoms with van der Waals surface area (Å²) in [6.45, 7) is 0. The van der Waals surface area contributed by atoms with E-state index in [2.05, 4.69) is 4.74 Å². The van der Waals surface area contributed by atoms with Crippen molar-refractivity contribution in [1.29, 1.82) is 0 Å². The summed E-state index contributed by atoms with van der Waals surface area (Å²) in [5.41, 5.74) is 1.63. The molecule has 0 N–H and O–H groups in total. The molecule has 0 spiro atoms. The number of ether oxygens (including phenoxy) is 1. The molecule has 0 saturated carbocycles. The van der Waals surface area contributed by atoms with Crippen LogP contribution in [-0.2, 0) is 23.0 Å². The molecule has 0 fully saturated rings. The smallest absolute Gasteiger partial charge is 0.310 e. The van der Waals surface area contributed by atoms with Crippen LogP contribution >= 0.6 is 0 Å². The summed E-state index contributed by atoms with van der Waals surface area (Å²) < 4.78 is 19.5. The molecule has 1 heterocycles. The number of halogens is 1. The molecule has 0 radical (unpaired) electrons. The molecule has 0 aliphatic heterocycles. The third-order valence-corrected chi connectivity index (χ3v) is 2.60. The van der Waals surface area contributed by atoms with Gasteiger partial charge in [0.25, 0.3) is 0 Å². The van der Waals surface area contributed by atoms with E-state index in [0.717, 1.165) is 16.5 Å². The highest BCUT2D eigenvalue weighted by atomic mass is 19.1. The van der Waals surface area contributed by atoms with Gasteiger partial charge < -0.3 is 9.30 Å². The summed E-state index contributed by atoms with van der Waals surface area (Å²) in [6, 6.07) is 4.53. The highest BCUT2D eigenvalue weighted by Gasteiger charge is 2.11. The monoisotopic (exact) mass is 221 g/mol. The second-order valence-corrected chi connectivity index (χ2v) is 3.68. The summed E-state index contributed by atoms with van der Waals surface area (Å²) in [6.07, 6.45) is 2.03. The SMILES string of the molecule is COC(=O)Cc1cn(C)c2cc(F)ccc12. The van der Waals surface area contributed by atoms with Crippen molar-refractivity contribution in [3.05, 3.63) is 35.8 Å². The van der Waals surface area contributed by atoms with Crippen LogP contribution < -0.4 is 0 Å². The first-order valence-corrected chi connectivity index (χ1v) is 4.92. The molecule has 0 unspecified atom stereocenters. The molecule has 84 valence electrons. The van der Waals surface area contributed by atoms with Crippen LogP contribution in [0.25, 0.3) is 10.9 Å². The van der Waals surface area contributed by atoms with Crippen LogP contribution in [0.15, 0.2) is 24.4 Å². The van der Waals surface area contributed by atoms with E-state index in [1.807, 2.05) is 13.2 Å². The Bertz CT molecular complexity index is 545. The highest BCUT2D eigenvalue weighted by Crippen LogP contribution is 2.22. The largest absolute Gasteiger partial charge is 0.469 e. The lowest BCUT2D eigenvalue weighted by molar-refractivity contribution is -0.139. The minimum absolute atomic E-state index is 0.208. The van der Waals surface area contributed by atoms with Crippen molar-refractivity contribution in [2.75, 3.05) is 7.11 Å². The number of hydrogen-bond donors (Lipinski definition) is 0. The Labute approximate surface area is 92.4 Å². The fourth-order valence-corrected chi connectivity index (χ4v) is 1.81. The first-order valence-electron chi connectivity index (χ1n) is 4.92. The van der Waals surface area contributed by atoms with Gasteiger partial charge in [-0.1, -0.05) is 0 Å². The molecule has 0 aliphatic carbocycles. The van der Waals surface area contributed by atoms with Crippen LogP contribution in [0, 0.1) is 5.82 Å². The molecule has 2 aromatic rings. The Balaban J connectivity index is 2.51. The second kappa shape index (κ2) is 3.96. The van der Waals surface area contributed by atoms with Crippen LogP contribution in [0.1, 0.15) is 5.56 Å². The summed E-state index contributed by atoms with van der Waals surface area (Å²) in [4.78, 5) is 11.2. The van der Waals surface area contributed by atoms with Crippen molar-refractivity contribution in [2.24, 2.45) is 7.05 Å². The zero-order valence-corrected chi connectivity index (χ0v) is 9.16. The lowest BCUT2D eigenvalue weighted by Gasteiger charge is -1.97. The molecule has 4 heteroatoms. The van der Waals surface area contributed by atoms with E-state index in [9.17, 15) is 9.18 Å². The van der Waals surface area contributed by atoms with Crippen molar-refractivity contribution >= 4 is 16.9 Å². The van der Waals surface area contributed by atoms with Gasteiger partial charge in [-0.05, 0) is 23.8 Å². The third-order valence-electron chi connectivity index (χ3n) is 2.60. The highest BCUT2D eigenvalue weighted by molar-refractivity contribution is 5.87. The number of methoxy groups -OCH3 is 1. The Morgan fingerprint density at radius 1 is 1.50 bits per heavy atom. The molecule has 0 amide bonds. The van der Waals surface area contributed by atoms with Crippen LogP contribution in [0.4, 0.5) is 4.39 Å². The molecule has 1 aromatic carbocycles. The molecule has 1 aromatic heterocycles. The molecular formula is C12H12FNO2. The lowest BCUT2D eigenvalue weighted by atomic mass is 10.1. The zero-order valence-electron chi connectivity index (χ0n) is 9.16. The predicted octanol–water partition coefficient (Wildman–Crippen LogP) is 2.03. The van der Waals surface area contributed by atoms with Gasteiger partial charge in [0.1, 0.15) is 5.82 Å². The number of benzene rings is 1. The number of esters is 1. The molecular weight excluding hydrogens is 209 g/mol. The lowest BCUT2D eigenvalue weighted by Crippen LogP contribution is -2.03. The molecule has 0 bridgehead atoms. The Kier molecular flexibility index (Phi) is 2.64. The maximum atomic E-state index is 13.0. The number of nitrogens with zero attached hydrogens (tertiary/aromatic N) is 1. The van der Waals surface area contributed by atoms with Crippen LogP contribution in [0.3, 0.4) is 0 Å². The number of hydrogen-bond acceptors (Lipinski definition) is 2. The normalized spacial score (nSPS) is 10.7. The van der Waals surface area contributed by atoms with Gasteiger partial charge in [0.2, 0.25) is 0 Å². The van der Waals surface area contributed by atoms with E-state index in [1.54, 1.807) is 10.6 Å². The van der Waals surface area contributed by atoms with Gasteiger partial charge in [0.15, 0.2) is 0 Å². The number of rotatable bonds is 2. The second-order valence-electron chi connectivity index (χ2n) is 3.68. The van der Waals surface area contributed by atoms with Crippen molar-refractivity contribution in [1.82, 2.24) is 4.57 Å². The topological polar surface area (TPSA) is 31.2 Å². The van der Waals surface area contributed by atoms with Gasteiger partial charge in [0.05, 0.1) is 19.0 Å². The van der Waals surface area contributed by atoms with E-state index in [0.29, 0.717) is 0 Å². The van der Waals surface area contributed by atoms with E-state index in [1.165, 1.54) is 19.2 Å². The summed E-state index contributed by atoms with van der Waals surface area (Å²) in [7, 11) is 3.18. The third kappa shape index (κ3) is 1.78. The molecule has 0 atom stereocenters. The summed E-state index contributed by atoms with van der Waals surface area (Å²) in [5, 5.41) is 0.884. The van der Waals surface area contributed by atoms with Gasteiger partial charge in [0, 0.05) is 18.6 Å². The number of carbonyl (C=O) groups is 1. The number of aryl methyl sites for hydroxylation is 1. The summed E-state index contributed by atoms with van der Waals surface area (Å²) in [5.74, 6) is -0.574. The molecule has 16 heavy (non-hydrogen) atoms. The molecule has 3 nitrogen and oxygen atoms in total. The number of aromatic nitrogens is 1. The van der Waals surface area contributed by atoms with Gasteiger partial charge in [-0.25, -0.2) is 4.39 Å². The minimum Gasteiger partial charge on any atom is -0.469 e. The van der Waals surface area contributed by atoms with Crippen molar-refractivity contribution in [3.63, 3.8) is 0 Å². The number of fused-ring (bicyclic) bond motifs is 1. The first-order chi connectivity index (χ1) is 7.61. The van der Waals surface area contributed by atoms with Crippen LogP contribution in [0.5, 0.6) is 0 Å². The molecule has 0 saturated heterocycles. The Morgan fingerprint density at radius 2 is 2.25 bits per heavy atom. The van der Waals surface area contributed by atoms with E-state index < -0.39 is 0 Å². The van der Waals surface area contributed by atoms with Crippen molar-refractivity contribution < 1.29 is 13.9 Å². The standard InChI is InChI=1S/C12H12FNO2/c1-14-7-8(5-12(15)16-2)10-4-3-9(13)6-11(10)14/h3-4,6-7H,5H2,1-2H3. The van der Waals surface area contributed by atoms with Crippen molar-refractivity contribution in [3.8, 4) is 0 Å². The van der Waals surface area contributed by atoms with Gasteiger partial charge >= 0.3 is 5.97 Å². The van der Waals surface area contributed by atoms with Gasteiger partial charge in [-0.2, -0.15) is 0 Å². The van der Waals surface area contributed by atoms with Gasteiger partial charge in [-0.3, -0.25) is 4.79 Å². The maximum Gasteiger partial charge on any atom is 0.310 e. The minimum atomic E-state index is -0.295. The maximum absolute atomic E-state index is 13.0. The quantitative estimate of drug-likeness (QED) is 0.726. The summed E-state index contributed by atoms with van der Waals surface area (Å²) >= 11 is 0. The van der Waals surface area contributed by atoms with Gasteiger partial charge in [-0.15, -0.1) is 0 Å². The number of carbonyl (C=O) groups excluding carboxylic acids is 1. The first kappa shape index (κ1) is 10.7. The molecule has 2 rings (SSSR count). The van der Waals surface area contributed by atoms with Crippen LogP contribution in [-0.4, -0.2) is 17.6 Å². The van der Waals surface area contributed by atoms with Crippen molar-refractivity contribution in [2.45, 2.75) is 6.42 Å². The van der Waals surface area contributed by atoms with E-state index in [4.69, 9.17) is 0 Å². The predicted molar refractivity (Wildman–Crippen MR) is 58.6 cm³/mol. The molecule has 0 aliphatic rings. The van der Waals surface area contributed by atoms with Crippen LogP contribution in [0.2, 0.25) is 0 Å².